The highest BCUT2D eigenvalue weighted by Crippen LogP contribution is 2.42. The summed E-state index contributed by atoms with van der Waals surface area (Å²) in [6.45, 7) is 12.0. The van der Waals surface area contributed by atoms with E-state index in [1.165, 1.54) is 83.5 Å². The molecule has 1 rings (SSSR count). The molecule has 0 aromatic heterocycles. The highest BCUT2D eigenvalue weighted by atomic mass is 14.4. The molecule has 0 N–H and O–H groups in total. The molecular formula is C23H46. The third-order valence-electron chi connectivity index (χ3n) is 6.63. The highest BCUT2D eigenvalue weighted by Gasteiger charge is 2.31. The van der Waals surface area contributed by atoms with E-state index in [9.17, 15) is 0 Å². The first-order valence-electron chi connectivity index (χ1n) is 11.0. The van der Waals surface area contributed by atoms with Crippen LogP contribution < -0.4 is 0 Å². The Morgan fingerprint density at radius 2 is 1.26 bits per heavy atom. The first-order chi connectivity index (χ1) is 11.0. The van der Waals surface area contributed by atoms with Gasteiger partial charge in [0.15, 0.2) is 0 Å². The molecular weight excluding hydrogens is 276 g/mol. The van der Waals surface area contributed by atoms with Crippen molar-refractivity contribution in [3.63, 3.8) is 0 Å². The quantitative estimate of drug-likeness (QED) is 0.282. The van der Waals surface area contributed by atoms with Gasteiger partial charge in [-0.3, -0.25) is 0 Å². The lowest BCUT2D eigenvalue weighted by atomic mass is 9.67. The molecule has 0 radical (unpaired) electrons. The molecule has 0 aromatic carbocycles. The first kappa shape index (κ1) is 21.0. The second kappa shape index (κ2) is 12.4. The van der Waals surface area contributed by atoms with Crippen LogP contribution >= 0.6 is 0 Å². The van der Waals surface area contributed by atoms with E-state index in [1.54, 1.807) is 0 Å². The summed E-state index contributed by atoms with van der Waals surface area (Å²) < 4.78 is 0. The van der Waals surface area contributed by atoms with Gasteiger partial charge in [-0.25, -0.2) is 0 Å². The molecule has 0 saturated heterocycles. The van der Waals surface area contributed by atoms with Crippen LogP contribution in [0.25, 0.3) is 0 Å². The van der Waals surface area contributed by atoms with Crippen LogP contribution in [-0.2, 0) is 0 Å². The Bertz CT molecular complexity index is 261. The van der Waals surface area contributed by atoms with Crippen molar-refractivity contribution in [3.8, 4) is 0 Å². The van der Waals surface area contributed by atoms with Gasteiger partial charge in [0, 0.05) is 0 Å². The minimum Gasteiger partial charge on any atom is -0.0654 e. The molecule has 2 unspecified atom stereocenters. The number of rotatable bonds is 14. The first-order valence-corrected chi connectivity index (χ1v) is 11.0. The van der Waals surface area contributed by atoms with Gasteiger partial charge in [-0.05, 0) is 42.4 Å². The van der Waals surface area contributed by atoms with E-state index in [4.69, 9.17) is 0 Å². The Morgan fingerprint density at radius 1 is 0.739 bits per heavy atom. The van der Waals surface area contributed by atoms with Crippen molar-refractivity contribution in [1.29, 1.82) is 0 Å². The molecule has 2 atom stereocenters. The fourth-order valence-corrected chi connectivity index (χ4v) is 4.36. The molecule has 0 heteroatoms. The maximum atomic E-state index is 2.45. The predicted octanol–water partition coefficient (Wildman–Crippen LogP) is 8.25. The predicted molar refractivity (Wildman–Crippen MR) is 106 cm³/mol. The summed E-state index contributed by atoms with van der Waals surface area (Å²) in [5, 5.41) is 0. The van der Waals surface area contributed by atoms with Crippen LogP contribution in [0.3, 0.4) is 0 Å². The standard InChI is InChI=1S/C23H46/c1-6-7-8-9-10-11-15-22(23-17-20(4)18-23)16-13-12-14-21(5)19(2)3/h19-23H,6-18H2,1-5H3. The summed E-state index contributed by atoms with van der Waals surface area (Å²) in [5.74, 6) is 4.94. The Morgan fingerprint density at radius 3 is 1.83 bits per heavy atom. The second-order valence-corrected chi connectivity index (χ2v) is 9.16. The third-order valence-corrected chi connectivity index (χ3v) is 6.63. The van der Waals surface area contributed by atoms with Crippen LogP contribution in [0.15, 0.2) is 0 Å². The molecule has 0 bridgehead atoms. The average Bonchev–Trinajstić information content (AvgIpc) is 2.49. The van der Waals surface area contributed by atoms with Gasteiger partial charge in [-0.15, -0.1) is 0 Å². The summed E-state index contributed by atoms with van der Waals surface area (Å²) in [4.78, 5) is 0. The minimum atomic E-state index is 0.862. The van der Waals surface area contributed by atoms with Crippen molar-refractivity contribution in [1.82, 2.24) is 0 Å². The van der Waals surface area contributed by atoms with Crippen LogP contribution in [0.1, 0.15) is 118 Å². The lowest BCUT2D eigenvalue weighted by Crippen LogP contribution is -2.28. The zero-order valence-corrected chi connectivity index (χ0v) is 17.1. The van der Waals surface area contributed by atoms with E-state index >= 15 is 0 Å². The van der Waals surface area contributed by atoms with E-state index in [0.29, 0.717) is 0 Å². The molecule has 0 spiro atoms. The largest absolute Gasteiger partial charge is 0.0654 e. The van der Waals surface area contributed by atoms with E-state index in [0.717, 1.165) is 29.6 Å². The van der Waals surface area contributed by atoms with Crippen LogP contribution in [0, 0.1) is 29.6 Å². The maximum Gasteiger partial charge on any atom is -0.0381 e. The maximum absolute atomic E-state index is 2.45. The van der Waals surface area contributed by atoms with Crippen LogP contribution in [0.2, 0.25) is 0 Å². The van der Waals surface area contributed by atoms with Gasteiger partial charge >= 0.3 is 0 Å². The Kier molecular flexibility index (Phi) is 11.3. The molecule has 0 aromatic rings. The molecule has 1 fully saturated rings. The van der Waals surface area contributed by atoms with Gasteiger partial charge in [0.2, 0.25) is 0 Å². The van der Waals surface area contributed by atoms with Crippen molar-refractivity contribution in [2.24, 2.45) is 29.6 Å². The fourth-order valence-electron chi connectivity index (χ4n) is 4.36. The normalized spacial score (nSPS) is 23.7. The Balaban J connectivity index is 2.16. The lowest BCUT2D eigenvalue weighted by Gasteiger charge is -2.39. The van der Waals surface area contributed by atoms with Crippen molar-refractivity contribution >= 4 is 0 Å². The molecule has 1 aliphatic rings. The van der Waals surface area contributed by atoms with E-state index in [1.807, 2.05) is 0 Å². The van der Waals surface area contributed by atoms with Crippen molar-refractivity contribution in [2.75, 3.05) is 0 Å². The molecule has 0 amide bonds. The Labute approximate surface area is 148 Å². The summed E-state index contributed by atoms with van der Waals surface area (Å²) in [6.07, 6.45) is 19.3. The molecule has 138 valence electrons. The third kappa shape index (κ3) is 9.16. The lowest BCUT2D eigenvalue weighted by molar-refractivity contribution is 0.118. The minimum absolute atomic E-state index is 0.862. The summed E-state index contributed by atoms with van der Waals surface area (Å²) in [5.41, 5.74) is 0. The van der Waals surface area contributed by atoms with Crippen molar-refractivity contribution in [3.05, 3.63) is 0 Å². The number of hydrogen-bond acceptors (Lipinski definition) is 0. The molecule has 0 aliphatic heterocycles. The average molecular weight is 323 g/mol. The molecule has 0 heterocycles. The second-order valence-electron chi connectivity index (χ2n) is 9.16. The SMILES string of the molecule is CCCCCCCCC(CCCCC(C)C(C)C)C1CC(C)C1. The van der Waals surface area contributed by atoms with Gasteiger partial charge in [0.25, 0.3) is 0 Å². The zero-order chi connectivity index (χ0) is 17.1. The van der Waals surface area contributed by atoms with E-state index < -0.39 is 0 Å². The monoisotopic (exact) mass is 322 g/mol. The summed E-state index contributed by atoms with van der Waals surface area (Å²) in [7, 11) is 0. The molecule has 1 aliphatic carbocycles. The van der Waals surface area contributed by atoms with E-state index in [2.05, 4.69) is 34.6 Å². The van der Waals surface area contributed by atoms with Crippen molar-refractivity contribution < 1.29 is 0 Å². The highest BCUT2D eigenvalue weighted by molar-refractivity contribution is 4.82. The Hall–Kier alpha value is 0. The summed E-state index contributed by atoms with van der Waals surface area (Å²) in [6, 6.07) is 0. The van der Waals surface area contributed by atoms with Crippen LogP contribution in [0.5, 0.6) is 0 Å². The van der Waals surface area contributed by atoms with Gasteiger partial charge in [-0.2, -0.15) is 0 Å². The van der Waals surface area contributed by atoms with E-state index in [-0.39, 0.29) is 0 Å². The summed E-state index contributed by atoms with van der Waals surface area (Å²) >= 11 is 0. The molecule has 23 heavy (non-hydrogen) atoms. The van der Waals surface area contributed by atoms with Gasteiger partial charge in [0.1, 0.15) is 0 Å². The van der Waals surface area contributed by atoms with Gasteiger partial charge < -0.3 is 0 Å². The van der Waals surface area contributed by atoms with Gasteiger partial charge in [-0.1, -0.05) is 105 Å². The molecule has 1 saturated carbocycles. The number of hydrogen-bond donors (Lipinski definition) is 0. The molecule has 0 nitrogen and oxygen atoms in total. The topological polar surface area (TPSA) is 0 Å². The van der Waals surface area contributed by atoms with Crippen LogP contribution in [0.4, 0.5) is 0 Å². The van der Waals surface area contributed by atoms with Crippen LogP contribution in [-0.4, -0.2) is 0 Å². The van der Waals surface area contributed by atoms with Crippen molar-refractivity contribution in [2.45, 2.75) is 118 Å². The smallest absolute Gasteiger partial charge is 0.0381 e. The number of unbranched alkanes of at least 4 members (excludes halogenated alkanes) is 6. The van der Waals surface area contributed by atoms with Gasteiger partial charge in [0.05, 0.1) is 0 Å². The fraction of sp³-hybridized carbons (Fsp3) is 1.00. The zero-order valence-electron chi connectivity index (χ0n) is 17.1.